The maximum Gasteiger partial charge on any atom is 0.0412 e. The summed E-state index contributed by atoms with van der Waals surface area (Å²) in [4.78, 5) is 0. The summed E-state index contributed by atoms with van der Waals surface area (Å²) >= 11 is 14.9. The van der Waals surface area contributed by atoms with Gasteiger partial charge in [-0.3, -0.25) is 0 Å². The Morgan fingerprint density at radius 1 is 0.141 bits per heavy atom. The van der Waals surface area contributed by atoms with Crippen molar-refractivity contribution < 1.29 is 0 Å². The van der Waals surface area contributed by atoms with Crippen molar-refractivity contribution in [3.05, 3.63) is 323 Å². The lowest BCUT2D eigenvalue weighted by molar-refractivity contribution is 0.556. The lowest BCUT2D eigenvalue weighted by Crippen LogP contribution is -2.00. The molecule has 0 saturated heterocycles. The van der Waals surface area contributed by atoms with Gasteiger partial charge in [0.05, 0.1) is 0 Å². The van der Waals surface area contributed by atoms with E-state index >= 15 is 0 Å². The molecule has 0 atom stereocenters. The number of benzene rings is 13. The first-order valence-electron chi connectivity index (χ1n) is 51.0. The summed E-state index contributed by atoms with van der Waals surface area (Å²) in [5, 5.41) is 1.38. The smallest absolute Gasteiger partial charge is 0.0412 e. The van der Waals surface area contributed by atoms with Gasteiger partial charge in [-0.25, -0.2) is 0 Å². The first-order valence-corrected chi connectivity index (χ1v) is 51.8. The van der Waals surface area contributed by atoms with Gasteiger partial charge < -0.3 is 0 Å². The molecule has 0 aliphatic carbocycles. The molecule has 0 amide bonds. The highest BCUT2D eigenvalue weighted by molar-refractivity contribution is 6.31. The molecule has 0 nitrogen and oxygen atoms in total. The van der Waals surface area contributed by atoms with Gasteiger partial charge in [0, 0.05) is 10.0 Å². The van der Waals surface area contributed by atoms with Crippen LogP contribution in [0.3, 0.4) is 0 Å². The van der Waals surface area contributed by atoms with E-state index in [9.17, 15) is 0 Å². The minimum Gasteiger partial charge on any atom is -0.0843 e. The fourth-order valence-corrected chi connectivity index (χ4v) is 20.2. The van der Waals surface area contributed by atoms with Gasteiger partial charge in [0.15, 0.2) is 0 Å². The fraction of sp³-hybridized carbons (Fsp3) is 0.381. The summed E-state index contributed by atoms with van der Waals surface area (Å²) in [6.45, 7) is 9.24. The molecule has 0 aliphatic rings. The van der Waals surface area contributed by atoms with E-state index in [2.05, 4.69) is 319 Å². The van der Waals surface area contributed by atoms with E-state index in [1.807, 2.05) is 0 Å². The number of halogens is 2. The average Bonchev–Trinajstić information content (AvgIpc) is 0.734. The van der Waals surface area contributed by atoms with Crippen molar-refractivity contribution in [2.75, 3.05) is 0 Å². The molecule has 0 fully saturated rings. The first kappa shape index (κ1) is 96.0. The van der Waals surface area contributed by atoms with Gasteiger partial charge in [-0.15, -0.1) is 0 Å². The maximum absolute atomic E-state index is 7.43. The quantitative estimate of drug-likeness (QED) is 0.0333. The highest BCUT2D eigenvalue weighted by atomic mass is 35.5. The summed E-state index contributed by atoms with van der Waals surface area (Å²) in [6, 6.07) is 111. The Balaban J connectivity index is 0.907. The molecule has 0 radical (unpaired) electrons. The molecule has 0 spiro atoms. The lowest BCUT2D eigenvalue weighted by Gasteiger charge is -2.26. The van der Waals surface area contributed by atoms with Crippen LogP contribution in [-0.4, -0.2) is 0 Å². The summed E-state index contributed by atoms with van der Waals surface area (Å²) in [5.74, 6) is 0. The zero-order chi connectivity index (χ0) is 88.4. The van der Waals surface area contributed by atoms with E-state index in [0.29, 0.717) is 10.0 Å². The second-order valence-electron chi connectivity index (χ2n) is 37.1. The Morgan fingerprint density at radius 2 is 0.328 bits per heavy atom. The van der Waals surface area contributed by atoms with Crippen LogP contribution in [0.25, 0.3) is 134 Å². The van der Waals surface area contributed by atoms with Gasteiger partial charge in [-0.05, 0) is 244 Å². The minimum absolute atomic E-state index is 0.688. The Morgan fingerprint density at radius 3 is 0.570 bits per heavy atom. The van der Waals surface area contributed by atoms with Crippen molar-refractivity contribution in [2.45, 2.75) is 310 Å². The largest absolute Gasteiger partial charge is 0.0843 e. The molecule has 13 rings (SSSR count). The third kappa shape index (κ3) is 28.2. The van der Waals surface area contributed by atoms with E-state index < -0.39 is 0 Å². The van der Waals surface area contributed by atoms with Crippen molar-refractivity contribution >= 4 is 23.2 Å². The van der Waals surface area contributed by atoms with E-state index in [4.69, 9.17) is 23.2 Å². The van der Waals surface area contributed by atoms with Crippen LogP contribution in [-0.2, 0) is 25.7 Å². The topological polar surface area (TPSA) is 0 Å². The molecule has 0 aliphatic heterocycles. The molecule has 2 heteroatoms. The van der Waals surface area contributed by atoms with Crippen LogP contribution in [0.15, 0.2) is 291 Å². The van der Waals surface area contributed by atoms with E-state index in [-0.39, 0.29) is 0 Å². The number of hydrogen-bond donors (Lipinski definition) is 0. The third-order valence-corrected chi connectivity index (χ3v) is 27.7. The molecular formula is C126H148Cl2. The zero-order valence-electron chi connectivity index (χ0n) is 78.6. The van der Waals surface area contributed by atoms with Crippen LogP contribution in [0.4, 0.5) is 0 Å². The summed E-state index contributed by atoms with van der Waals surface area (Å²) in [5.41, 5.74) is 33.7. The van der Waals surface area contributed by atoms with Crippen molar-refractivity contribution in [3.63, 3.8) is 0 Å². The molecule has 128 heavy (non-hydrogen) atoms. The lowest BCUT2D eigenvalue weighted by atomic mass is 9.77. The fourth-order valence-electron chi connectivity index (χ4n) is 19.9. The molecule has 0 unspecified atom stereocenters. The molecule has 0 heterocycles. The number of hydrogen-bond acceptors (Lipinski definition) is 0. The van der Waals surface area contributed by atoms with Gasteiger partial charge in [-0.2, -0.15) is 0 Å². The second kappa shape index (κ2) is 53.5. The Bertz CT molecular complexity index is 5010. The van der Waals surface area contributed by atoms with Gasteiger partial charge in [-0.1, -0.05) is 537 Å². The van der Waals surface area contributed by atoms with Crippen molar-refractivity contribution in [1.29, 1.82) is 0 Å². The number of aryl methyl sites for hydroxylation is 4. The predicted molar refractivity (Wildman–Crippen MR) is 564 cm³/mol. The average molecular weight is 1730 g/mol. The molecule has 666 valence electrons. The summed E-state index contributed by atoms with van der Waals surface area (Å²) in [6.07, 6.45) is 57.7. The molecule has 13 aromatic carbocycles. The monoisotopic (exact) mass is 1730 g/mol. The van der Waals surface area contributed by atoms with Gasteiger partial charge in [0.1, 0.15) is 0 Å². The standard InChI is InChI=1S/C126H148Cl2/c1-5-9-13-17-21-25-29-33-37-45-57-97-69-77-107(78-70-97)121-117(101-61-49-41-50-62-101)95-119(123(105-65-53-43-54-66-105)125(121)109-81-73-99(74-82-109)59-47-39-35-31-27-23-19-15-11-7-3)113-91-89-111(127)93-115(113)103-85-87-104(88-86-103)116-94-112(128)90-92-114(116)120-96-118(102-63-51-42-52-64-102)122(108-79-71-98(72-80-108)58-46-38-34-30-26-22-18-14-10-6-2)126(124(120)106-67-55-44-56-68-106)110-83-75-100(76-84-110)60-48-40-36-32-28-24-20-16-12-8-4/h41-44,49-56,61-96H,5-40,45-48,57-60H2,1-4H3. The van der Waals surface area contributed by atoms with Crippen molar-refractivity contribution in [1.82, 2.24) is 0 Å². The van der Waals surface area contributed by atoms with Crippen molar-refractivity contribution in [3.8, 4) is 134 Å². The first-order chi connectivity index (χ1) is 63.3. The second-order valence-corrected chi connectivity index (χ2v) is 38.0. The zero-order valence-corrected chi connectivity index (χ0v) is 80.1. The minimum atomic E-state index is 0.688. The van der Waals surface area contributed by atoms with Crippen LogP contribution in [0.5, 0.6) is 0 Å². The van der Waals surface area contributed by atoms with Crippen LogP contribution >= 0.6 is 23.2 Å². The molecule has 0 bridgehead atoms. The SMILES string of the molecule is CCCCCCCCCCCCc1ccc(-c2c(-c3ccccc3)cc(-c3ccc(Cl)cc3-c3ccc(-c4cc(Cl)ccc4-c4cc(-c5ccccc5)c(-c5ccc(CCCCCCCCCCCC)cc5)c(-c5ccc(CCCCCCCCCCCC)cc5)c4-c4ccccc4)cc3)c(-c3ccccc3)c2-c2ccc(CCCCCCCCCCCC)cc2)cc1. The van der Waals surface area contributed by atoms with Crippen LogP contribution in [0.2, 0.25) is 10.0 Å². The molecule has 0 saturated carbocycles. The van der Waals surface area contributed by atoms with Crippen LogP contribution in [0.1, 0.15) is 307 Å². The predicted octanol–water partition coefficient (Wildman–Crippen LogP) is 40.9. The third-order valence-electron chi connectivity index (χ3n) is 27.2. The molecule has 0 N–H and O–H groups in total. The molecular weight excluding hydrogens is 1580 g/mol. The summed E-state index contributed by atoms with van der Waals surface area (Å²) in [7, 11) is 0. The highest BCUT2D eigenvalue weighted by Gasteiger charge is 2.29. The van der Waals surface area contributed by atoms with E-state index in [1.165, 1.54) is 368 Å². The van der Waals surface area contributed by atoms with Gasteiger partial charge >= 0.3 is 0 Å². The Labute approximate surface area is 784 Å². The van der Waals surface area contributed by atoms with Crippen LogP contribution < -0.4 is 0 Å². The Hall–Kier alpha value is -9.56. The normalized spacial score (nSPS) is 11.5. The van der Waals surface area contributed by atoms with E-state index in [0.717, 1.165) is 70.2 Å². The van der Waals surface area contributed by atoms with Crippen molar-refractivity contribution in [2.24, 2.45) is 0 Å². The van der Waals surface area contributed by atoms with Gasteiger partial charge in [0.2, 0.25) is 0 Å². The number of rotatable bonds is 56. The Kier molecular flexibility index (Phi) is 40.2. The number of unbranched alkanes of at least 4 members (excludes halogenated alkanes) is 36. The summed E-state index contributed by atoms with van der Waals surface area (Å²) < 4.78 is 0. The van der Waals surface area contributed by atoms with E-state index in [1.54, 1.807) is 0 Å². The van der Waals surface area contributed by atoms with Gasteiger partial charge in [0.25, 0.3) is 0 Å². The molecule has 0 aromatic heterocycles. The maximum atomic E-state index is 7.43. The molecule has 13 aromatic rings. The van der Waals surface area contributed by atoms with Crippen LogP contribution in [0, 0.1) is 0 Å². The highest BCUT2D eigenvalue weighted by Crippen LogP contribution is 2.55.